The van der Waals surface area contributed by atoms with E-state index in [9.17, 15) is 0 Å². The average Bonchev–Trinajstić information content (AvgIpc) is 2.34. The molecule has 0 aliphatic carbocycles. The van der Waals surface area contributed by atoms with E-state index in [0.29, 0.717) is 30.4 Å². The van der Waals surface area contributed by atoms with E-state index in [0.717, 1.165) is 31.6 Å². The monoisotopic (exact) mass is 253 g/mol. The summed E-state index contributed by atoms with van der Waals surface area (Å²) in [6, 6.07) is 0. The molecule has 4 heteroatoms. The van der Waals surface area contributed by atoms with E-state index in [2.05, 4.69) is 30.7 Å². The van der Waals surface area contributed by atoms with Gasteiger partial charge in [0.05, 0.1) is 12.6 Å². The molecule has 3 N–H and O–H groups in total. The molecule has 104 valence electrons. The van der Waals surface area contributed by atoms with Crippen LogP contribution in [-0.2, 0) is 4.74 Å². The highest BCUT2D eigenvalue weighted by Crippen LogP contribution is 2.24. The predicted octanol–water partition coefficient (Wildman–Crippen LogP) is 1.92. The van der Waals surface area contributed by atoms with Gasteiger partial charge in [0.2, 0.25) is 0 Å². The molecule has 18 heavy (non-hydrogen) atoms. The summed E-state index contributed by atoms with van der Waals surface area (Å²) in [5.41, 5.74) is 6.82. The van der Waals surface area contributed by atoms with E-state index in [4.69, 9.17) is 10.5 Å². The molecule has 2 atom stereocenters. The molecule has 0 amide bonds. The van der Waals surface area contributed by atoms with Gasteiger partial charge in [-0.05, 0) is 31.6 Å². The summed E-state index contributed by atoms with van der Waals surface area (Å²) < 4.78 is 5.75. The lowest BCUT2D eigenvalue weighted by atomic mass is 9.90. The molecule has 1 fully saturated rings. The third kappa shape index (κ3) is 5.54. The second kappa shape index (κ2) is 7.41. The Bertz CT molecular complexity index is 299. The first kappa shape index (κ1) is 15.0. The zero-order valence-corrected chi connectivity index (χ0v) is 11.9. The number of hydrogen-bond donors (Lipinski definition) is 2. The fourth-order valence-corrected chi connectivity index (χ4v) is 2.08. The largest absolute Gasteiger partial charge is 0.378 e. The molecule has 0 bridgehead atoms. The highest BCUT2D eigenvalue weighted by molar-refractivity contribution is 5.77. The van der Waals surface area contributed by atoms with Gasteiger partial charge in [0.25, 0.3) is 0 Å². The average molecular weight is 253 g/mol. The fraction of sp³-hybridized carbons (Fsp3) is 0.786. The van der Waals surface area contributed by atoms with Gasteiger partial charge in [-0.3, -0.25) is 0 Å². The van der Waals surface area contributed by atoms with Crippen molar-refractivity contribution in [3.05, 3.63) is 12.2 Å². The van der Waals surface area contributed by atoms with Gasteiger partial charge in [-0.15, -0.1) is 0 Å². The number of hydrogen-bond acceptors (Lipinski definition) is 2. The lowest BCUT2D eigenvalue weighted by Crippen LogP contribution is -2.39. The Morgan fingerprint density at radius 2 is 2.28 bits per heavy atom. The minimum absolute atomic E-state index is 0.388. The normalized spacial score (nSPS) is 25.2. The van der Waals surface area contributed by atoms with Crippen molar-refractivity contribution in [1.82, 2.24) is 5.32 Å². The Morgan fingerprint density at radius 3 is 2.89 bits per heavy atom. The number of nitrogens with zero attached hydrogens (tertiary/aromatic N) is 1. The van der Waals surface area contributed by atoms with Gasteiger partial charge in [0, 0.05) is 13.2 Å². The minimum Gasteiger partial charge on any atom is -0.378 e. The first-order valence-corrected chi connectivity index (χ1v) is 6.78. The van der Waals surface area contributed by atoms with Crippen molar-refractivity contribution in [2.45, 2.75) is 39.7 Å². The molecule has 1 heterocycles. The third-order valence-corrected chi connectivity index (χ3v) is 3.26. The quantitative estimate of drug-likeness (QED) is 0.447. The molecule has 0 aromatic carbocycles. The highest BCUT2D eigenvalue weighted by Gasteiger charge is 2.24. The highest BCUT2D eigenvalue weighted by atomic mass is 16.5. The van der Waals surface area contributed by atoms with Gasteiger partial charge < -0.3 is 15.8 Å². The van der Waals surface area contributed by atoms with Gasteiger partial charge in [0.15, 0.2) is 5.96 Å². The van der Waals surface area contributed by atoms with E-state index in [1.807, 2.05) is 6.92 Å². The topological polar surface area (TPSA) is 59.6 Å². The van der Waals surface area contributed by atoms with Gasteiger partial charge in [-0.2, -0.15) is 0 Å². The Kier molecular flexibility index (Phi) is 6.19. The molecule has 2 unspecified atom stereocenters. The van der Waals surface area contributed by atoms with Crippen LogP contribution in [0.1, 0.15) is 33.6 Å². The van der Waals surface area contributed by atoms with Crippen molar-refractivity contribution in [2.24, 2.45) is 22.6 Å². The second-order valence-corrected chi connectivity index (χ2v) is 5.58. The molecule has 0 radical (unpaired) electrons. The van der Waals surface area contributed by atoms with Crippen molar-refractivity contribution >= 4 is 5.96 Å². The van der Waals surface area contributed by atoms with Crippen LogP contribution in [0.3, 0.4) is 0 Å². The Hall–Kier alpha value is -1.03. The van der Waals surface area contributed by atoms with Crippen molar-refractivity contribution in [3.63, 3.8) is 0 Å². The Morgan fingerprint density at radius 1 is 1.56 bits per heavy atom. The zero-order valence-electron chi connectivity index (χ0n) is 11.9. The van der Waals surface area contributed by atoms with E-state index >= 15 is 0 Å². The number of nitrogens with two attached hydrogens (primary N) is 1. The molecule has 1 aliphatic rings. The van der Waals surface area contributed by atoms with Crippen molar-refractivity contribution in [3.8, 4) is 0 Å². The molecule has 1 saturated heterocycles. The molecule has 4 nitrogen and oxygen atoms in total. The number of ether oxygens (including phenoxy) is 1. The predicted molar refractivity (Wildman–Crippen MR) is 76.6 cm³/mol. The molecule has 1 rings (SSSR count). The van der Waals surface area contributed by atoms with Crippen LogP contribution < -0.4 is 11.1 Å². The summed E-state index contributed by atoms with van der Waals surface area (Å²) in [5, 5.41) is 3.20. The van der Waals surface area contributed by atoms with Crippen molar-refractivity contribution in [1.29, 1.82) is 0 Å². The van der Waals surface area contributed by atoms with Crippen LogP contribution in [0.25, 0.3) is 0 Å². The number of aliphatic imine (C=N–C) groups is 1. The van der Waals surface area contributed by atoms with Crippen LogP contribution in [-0.4, -0.2) is 31.8 Å². The fourth-order valence-electron chi connectivity index (χ4n) is 2.08. The molecular weight excluding hydrogens is 226 g/mol. The van der Waals surface area contributed by atoms with Crippen molar-refractivity contribution < 1.29 is 4.74 Å². The molecular formula is C14H27N3O. The lowest BCUT2D eigenvalue weighted by Gasteiger charge is -2.32. The first-order chi connectivity index (χ1) is 8.49. The SMILES string of the molecule is C=C(C)CN=C(N)NCC1CCOC(C(C)C)C1. The molecule has 0 aromatic heterocycles. The van der Waals surface area contributed by atoms with Gasteiger partial charge in [-0.25, -0.2) is 4.99 Å². The maximum absolute atomic E-state index is 5.80. The Balaban J connectivity index is 2.30. The Labute approximate surface area is 111 Å². The van der Waals surface area contributed by atoms with E-state index < -0.39 is 0 Å². The van der Waals surface area contributed by atoms with Crippen molar-refractivity contribution in [2.75, 3.05) is 19.7 Å². The number of guanidine groups is 1. The van der Waals surface area contributed by atoms with Crippen LogP contribution in [0.15, 0.2) is 17.1 Å². The van der Waals surface area contributed by atoms with Crippen LogP contribution in [0.5, 0.6) is 0 Å². The van der Waals surface area contributed by atoms with Crippen LogP contribution in [0.4, 0.5) is 0 Å². The van der Waals surface area contributed by atoms with Gasteiger partial charge >= 0.3 is 0 Å². The second-order valence-electron chi connectivity index (χ2n) is 5.58. The summed E-state index contributed by atoms with van der Waals surface area (Å²) in [6.07, 6.45) is 2.60. The van der Waals surface area contributed by atoms with Gasteiger partial charge in [-0.1, -0.05) is 26.0 Å². The minimum atomic E-state index is 0.388. The summed E-state index contributed by atoms with van der Waals surface area (Å²) in [7, 11) is 0. The summed E-state index contributed by atoms with van der Waals surface area (Å²) in [5.74, 6) is 1.73. The smallest absolute Gasteiger partial charge is 0.188 e. The third-order valence-electron chi connectivity index (χ3n) is 3.26. The van der Waals surface area contributed by atoms with Crippen LogP contribution in [0.2, 0.25) is 0 Å². The maximum Gasteiger partial charge on any atom is 0.188 e. The molecule has 0 saturated carbocycles. The van der Waals surface area contributed by atoms with Crippen LogP contribution in [0, 0.1) is 11.8 Å². The van der Waals surface area contributed by atoms with Gasteiger partial charge in [0.1, 0.15) is 0 Å². The summed E-state index contributed by atoms with van der Waals surface area (Å²) >= 11 is 0. The summed E-state index contributed by atoms with van der Waals surface area (Å²) in [6.45, 7) is 12.5. The van der Waals surface area contributed by atoms with Crippen LogP contribution >= 0.6 is 0 Å². The molecule has 0 spiro atoms. The number of rotatable bonds is 5. The zero-order chi connectivity index (χ0) is 13.5. The first-order valence-electron chi connectivity index (χ1n) is 6.78. The molecule has 1 aliphatic heterocycles. The lowest BCUT2D eigenvalue weighted by molar-refractivity contribution is -0.0329. The maximum atomic E-state index is 5.80. The standard InChI is InChI=1S/C14H27N3O/c1-10(2)8-16-14(15)17-9-12-5-6-18-13(7-12)11(3)4/h11-13H,1,5-9H2,2-4H3,(H3,15,16,17). The van der Waals surface area contributed by atoms with E-state index in [-0.39, 0.29) is 0 Å². The van der Waals surface area contributed by atoms with E-state index in [1.165, 1.54) is 0 Å². The van der Waals surface area contributed by atoms with E-state index in [1.54, 1.807) is 0 Å². The molecule has 0 aromatic rings. The number of nitrogens with one attached hydrogen (secondary N) is 1. The summed E-state index contributed by atoms with van der Waals surface area (Å²) in [4.78, 5) is 4.21.